The summed E-state index contributed by atoms with van der Waals surface area (Å²) < 4.78 is 0. The Hall–Kier alpha value is -3.11. The molecule has 1 N–H and O–H groups in total. The number of aryl methyl sites for hydroxylation is 3. The number of allylic oxidation sites excluding steroid dienone is 2. The number of carbonyl (C=O) groups excluding carboxylic acids is 1. The van der Waals surface area contributed by atoms with Crippen molar-refractivity contribution >= 4 is 38.1 Å². The number of pyridine rings is 1. The second kappa shape index (κ2) is 18.8. The van der Waals surface area contributed by atoms with Crippen molar-refractivity contribution in [1.29, 1.82) is 0 Å². The SMILES string of the molecule is CCC(CC)C(=O)/C=C(\O)C(CC)CC.Cc1cc(CC(C)C)cc(C)c1-c1cc(-c2[c-]c3ccccc3c(C(C)(C)C)c2)nc2scc(C)c12.[Ir]. The molecule has 281 valence electrons. The number of benzene rings is 3. The molecule has 0 atom stereocenters. The first-order chi connectivity index (χ1) is 24.1. The Labute approximate surface area is 331 Å². The van der Waals surface area contributed by atoms with Gasteiger partial charge in [-0.2, -0.15) is 0 Å². The monoisotopic (exact) mass is 895 g/mol. The van der Waals surface area contributed by atoms with Crippen LogP contribution < -0.4 is 0 Å². The summed E-state index contributed by atoms with van der Waals surface area (Å²) in [5.74, 6) is 1.19. The van der Waals surface area contributed by atoms with Crippen LogP contribution in [0.3, 0.4) is 0 Å². The molecule has 1 radical (unpaired) electrons. The van der Waals surface area contributed by atoms with Crippen LogP contribution in [0.25, 0.3) is 43.4 Å². The van der Waals surface area contributed by atoms with E-state index in [0.29, 0.717) is 5.92 Å². The summed E-state index contributed by atoms with van der Waals surface area (Å²) in [5.41, 5.74) is 11.5. The molecule has 5 heteroatoms. The molecule has 0 spiro atoms. The zero-order valence-corrected chi connectivity index (χ0v) is 36.8. The third-order valence-corrected chi connectivity index (χ3v) is 11.2. The van der Waals surface area contributed by atoms with Gasteiger partial charge in [0.25, 0.3) is 0 Å². The van der Waals surface area contributed by atoms with Gasteiger partial charge in [0.05, 0.1) is 5.76 Å². The molecule has 0 aliphatic carbocycles. The van der Waals surface area contributed by atoms with Crippen molar-refractivity contribution < 1.29 is 30.0 Å². The number of rotatable bonds is 11. The average molecular weight is 895 g/mol. The summed E-state index contributed by atoms with van der Waals surface area (Å²) in [6, 6.07) is 21.7. The van der Waals surface area contributed by atoms with Crippen molar-refractivity contribution in [2.24, 2.45) is 17.8 Å². The molecule has 0 saturated heterocycles. The van der Waals surface area contributed by atoms with Gasteiger partial charge in [0.2, 0.25) is 0 Å². The third kappa shape index (κ3) is 10.1. The minimum atomic E-state index is 0. The van der Waals surface area contributed by atoms with Crippen molar-refractivity contribution in [2.45, 2.75) is 121 Å². The number of aromatic nitrogens is 1. The molecule has 5 rings (SSSR count). The first-order valence-corrected chi connectivity index (χ1v) is 19.9. The molecule has 52 heavy (non-hydrogen) atoms. The van der Waals surface area contributed by atoms with E-state index in [1.54, 1.807) is 11.3 Å². The van der Waals surface area contributed by atoms with E-state index in [1.165, 1.54) is 55.8 Å². The molecule has 0 saturated carbocycles. The van der Waals surface area contributed by atoms with E-state index in [2.05, 4.69) is 115 Å². The largest absolute Gasteiger partial charge is 0.512 e. The molecule has 2 aromatic heterocycles. The molecule has 0 aliphatic rings. The van der Waals surface area contributed by atoms with Gasteiger partial charge in [0, 0.05) is 49.1 Å². The molecule has 3 aromatic carbocycles. The van der Waals surface area contributed by atoms with E-state index in [4.69, 9.17) is 4.98 Å². The summed E-state index contributed by atoms with van der Waals surface area (Å²) in [5, 5.41) is 15.7. The fourth-order valence-corrected chi connectivity index (χ4v) is 8.31. The number of aliphatic hydroxyl groups is 1. The van der Waals surface area contributed by atoms with Gasteiger partial charge in [-0.25, -0.2) is 0 Å². The van der Waals surface area contributed by atoms with E-state index < -0.39 is 0 Å². The van der Waals surface area contributed by atoms with Gasteiger partial charge in [0.15, 0.2) is 5.78 Å². The maximum atomic E-state index is 11.7. The van der Waals surface area contributed by atoms with E-state index in [0.717, 1.165) is 53.6 Å². The Morgan fingerprint density at radius 3 is 2.04 bits per heavy atom. The molecular formula is C47H60IrNO2S-. The van der Waals surface area contributed by atoms with Crippen molar-refractivity contribution in [2.75, 3.05) is 0 Å². The van der Waals surface area contributed by atoms with Gasteiger partial charge >= 0.3 is 0 Å². The van der Waals surface area contributed by atoms with Crippen LogP contribution in [0.5, 0.6) is 0 Å². The number of carbonyl (C=O) groups is 1. The van der Waals surface area contributed by atoms with Crippen LogP contribution in [-0.4, -0.2) is 15.9 Å². The van der Waals surface area contributed by atoms with Crippen LogP contribution in [0.4, 0.5) is 0 Å². The number of ketones is 1. The minimum absolute atomic E-state index is 0. The third-order valence-electron chi connectivity index (χ3n) is 10.2. The second-order valence-electron chi connectivity index (χ2n) is 15.7. The fourth-order valence-electron chi connectivity index (χ4n) is 7.36. The molecule has 3 nitrogen and oxygen atoms in total. The summed E-state index contributed by atoms with van der Waals surface area (Å²) >= 11 is 1.74. The first-order valence-electron chi connectivity index (χ1n) is 19.0. The van der Waals surface area contributed by atoms with Gasteiger partial charge in [-0.05, 0) is 103 Å². The molecule has 0 amide bonds. The predicted molar refractivity (Wildman–Crippen MR) is 222 cm³/mol. The minimum Gasteiger partial charge on any atom is -0.512 e. The van der Waals surface area contributed by atoms with Crippen LogP contribution in [0, 0.1) is 44.6 Å². The molecule has 5 aromatic rings. The quantitative estimate of drug-likeness (QED) is 0.0816. The Bertz CT molecular complexity index is 1980. The van der Waals surface area contributed by atoms with Crippen LogP contribution in [0.2, 0.25) is 0 Å². The van der Waals surface area contributed by atoms with Crippen LogP contribution in [0.15, 0.2) is 65.7 Å². The number of fused-ring (bicyclic) bond motifs is 2. The van der Waals surface area contributed by atoms with Gasteiger partial charge in [-0.1, -0.05) is 110 Å². The number of hydrogen-bond donors (Lipinski definition) is 1. The summed E-state index contributed by atoms with van der Waals surface area (Å²) in [4.78, 5) is 18.0. The van der Waals surface area contributed by atoms with Crippen LogP contribution in [-0.2, 0) is 36.7 Å². The second-order valence-corrected chi connectivity index (χ2v) is 16.6. The Morgan fingerprint density at radius 1 is 0.885 bits per heavy atom. The number of hydrogen-bond acceptors (Lipinski definition) is 4. The molecule has 2 heterocycles. The summed E-state index contributed by atoms with van der Waals surface area (Å²) in [7, 11) is 0. The number of nitrogens with zero attached hydrogens (tertiary/aromatic N) is 1. The zero-order valence-electron chi connectivity index (χ0n) is 33.6. The molecular weight excluding hydrogens is 835 g/mol. The summed E-state index contributed by atoms with van der Waals surface area (Å²) in [6.45, 7) is 26.2. The van der Waals surface area contributed by atoms with E-state index in [1.807, 2.05) is 27.7 Å². The molecule has 0 aliphatic heterocycles. The van der Waals surface area contributed by atoms with Gasteiger partial charge in [-0.15, -0.1) is 40.5 Å². The van der Waals surface area contributed by atoms with E-state index in [9.17, 15) is 9.90 Å². The smallest absolute Gasteiger partial charge is 0.162 e. The van der Waals surface area contributed by atoms with Crippen LogP contribution >= 0.6 is 11.3 Å². The number of aliphatic hydroxyl groups excluding tert-OH is 1. The summed E-state index contributed by atoms with van der Waals surface area (Å²) in [6.07, 6.45) is 6.02. The van der Waals surface area contributed by atoms with Crippen molar-refractivity contribution in [1.82, 2.24) is 4.98 Å². The standard InChI is InChI=1S/C34H36NS.C13H24O2.Ir/c1-20(2)13-24-14-21(3)31(22(4)15-24)28-18-30(35-33-32(28)23(5)19-36-33)26-16-25-11-9-10-12-27(25)29(17-26)34(6,7)8;1-5-10(6-2)12(14)9-13(15)11(7-3)8-4;/h9-12,14-15,17-20H,13H2,1-8H3;9-11,14H,5-8H2,1-4H3;/q-1;;/b;12-9-;. The van der Waals surface area contributed by atoms with Gasteiger partial charge < -0.3 is 5.11 Å². The fraction of sp³-hybridized carbons (Fsp3) is 0.447. The first kappa shape index (κ1) is 43.3. The molecule has 0 unspecified atom stereocenters. The zero-order chi connectivity index (χ0) is 37.6. The van der Waals surface area contributed by atoms with E-state index >= 15 is 0 Å². The van der Waals surface area contributed by atoms with Crippen LogP contribution in [0.1, 0.15) is 116 Å². The maximum Gasteiger partial charge on any atom is 0.162 e. The Balaban J connectivity index is 0.000000389. The average Bonchev–Trinajstić information content (AvgIpc) is 3.45. The Morgan fingerprint density at radius 2 is 1.48 bits per heavy atom. The maximum absolute atomic E-state index is 11.7. The van der Waals surface area contributed by atoms with Gasteiger partial charge in [0.1, 0.15) is 4.83 Å². The van der Waals surface area contributed by atoms with Crippen molar-refractivity contribution in [3.63, 3.8) is 0 Å². The topological polar surface area (TPSA) is 50.2 Å². The molecule has 0 fully saturated rings. The van der Waals surface area contributed by atoms with Crippen molar-refractivity contribution in [3.05, 3.63) is 99.6 Å². The predicted octanol–water partition coefficient (Wildman–Crippen LogP) is 13.9. The normalized spacial score (nSPS) is 12.1. The molecule has 0 bridgehead atoms. The van der Waals surface area contributed by atoms with Gasteiger partial charge in [-0.3, -0.25) is 9.78 Å². The number of thiophene rings is 1. The van der Waals surface area contributed by atoms with Crippen molar-refractivity contribution in [3.8, 4) is 22.4 Å². The Kier molecular flexibility index (Phi) is 15.6. The van der Waals surface area contributed by atoms with E-state index in [-0.39, 0.29) is 48.9 Å².